The molecule has 2 aliphatic rings. The summed E-state index contributed by atoms with van der Waals surface area (Å²) in [7, 11) is 0. The zero-order valence-electron chi connectivity index (χ0n) is 12.2. The van der Waals surface area contributed by atoms with Crippen molar-refractivity contribution in [1.29, 1.82) is 0 Å². The zero-order chi connectivity index (χ0) is 14.7. The fourth-order valence-electron chi connectivity index (χ4n) is 3.30. The molecule has 0 bridgehead atoms. The number of piperazine rings is 1. The summed E-state index contributed by atoms with van der Waals surface area (Å²) in [4.78, 5) is 16.8. The van der Waals surface area contributed by atoms with Crippen LogP contribution in [0, 0.1) is 0 Å². The van der Waals surface area contributed by atoms with Gasteiger partial charge in [-0.1, -0.05) is 28.8 Å². The molecule has 1 aromatic carbocycles. The van der Waals surface area contributed by atoms with Crippen LogP contribution in [-0.4, -0.2) is 48.1 Å². The van der Waals surface area contributed by atoms with Gasteiger partial charge in [-0.15, -0.1) is 0 Å². The van der Waals surface area contributed by atoms with Gasteiger partial charge in [0.2, 0.25) is 0 Å². The minimum atomic E-state index is 0.0170. The normalized spacial score (nSPS) is 20.7. The number of amides is 2. The predicted molar refractivity (Wildman–Crippen MR) is 88.6 cm³/mol. The smallest absolute Gasteiger partial charge is 0.321 e. The molecule has 2 fully saturated rings. The maximum Gasteiger partial charge on any atom is 0.321 e. The van der Waals surface area contributed by atoms with Gasteiger partial charge in [0.05, 0.1) is 0 Å². The Hall–Kier alpha value is -1.07. The van der Waals surface area contributed by atoms with E-state index >= 15 is 0 Å². The largest absolute Gasteiger partial charge is 0.322 e. The van der Waals surface area contributed by atoms with Gasteiger partial charge in [-0.3, -0.25) is 4.90 Å². The summed E-state index contributed by atoms with van der Waals surface area (Å²) in [6.45, 7) is 3.69. The van der Waals surface area contributed by atoms with E-state index in [1.54, 1.807) is 0 Å². The number of hydrogen-bond donors (Lipinski definition) is 1. The van der Waals surface area contributed by atoms with Gasteiger partial charge in [0, 0.05) is 42.4 Å². The SMILES string of the molecule is O=C(Nc1ccc(Br)cc1)N1CCN(C2CCCC2)CC1. The molecule has 0 spiro atoms. The fraction of sp³-hybridized carbons (Fsp3) is 0.562. The number of nitrogens with zero attached hydrogens (tertiary/aromatic N) is 2. The number of hydrogen-bond acceptors (Lipinski definition) is 2. The van der Waals surface area contributed by atoms with Gasteiger partial charge in [0.25, 0.3) is 0 Å². The Labute approximate surface area is 134 Å². The van der Waals surface area contributed by atoms with Crippen LogP contribution in [0.4, 0.5) is 10.5 Å². The third-order valence-electron chi connectivity index (χ3n) is 4.54. The van der Waals surface area contributed by atoms with Crippen LogP contribution >= 0.6 is 15.9 Å². The van der Waals surface area contributed by atoms with Crippen molar-refractivity contribution in [3.8, 4) is 0 Å². The Balaban J connectivity index is 1.49. The average molecular weight is 352 g/mol. The van der Waals surface area contributed by atoms with E-state index < -0.39 is 0 Å². The molecule has 0 atom stereocenters. The topological polar surface area (TPSA) is 35.6 Å². The Morgan fingerprint density at radius 2 is 1.67 bits per heavy atom. The molecule has 4 nitrogen and oxygen atoms in total. The van der Waals surface area contributed by atoms with Crippen molar-refractivity contribution in [3.05, 3.63) is 28.7 Å². The van der Waals surface area contributed by atoms with Crippen LogP contribution in [0.5, 0.6) is 0 Å². The maximum absolute atomic E-state index is 12.3. The molecule has 21 heavy (non-hydrogen) atoms. The number of urea groups is 1. The third kappa shape index (κ3) is 3.77. The molecule has 1 N–H and O–H groups in total. The lowest BCUT2D eigenvalue weighted by Crippen LogP contribution is -2.52. The molecule has 3 rings (SSSR count). The van der Waals surface area contributed by atoms with Crippen molar-refractivity contribution < 1.29 is 4.79 Å². The van der Waals surface area contributed by atoms with Crippen molar-refractivity contribution in [2.45, 2.75) is 31.7 Å². The first-order valence-electron chi connectivity index (χ1n) is 7.78. The second-order valence-electron chi connectivity index (χ2n) is 5.90. The summed E-state index contributed by atoms with van der Waals surface area (Å²) >= 11 is 3.40. The van der Waals surface area contributed by atoms with Crippen molar-refractivity contribution >= 4 is 27.6 Å². The molecule has 1 heterocycles. The molecular weight excluding hydrogens is 330 g/mol. The van der Waals surface area contributed by atoms with Crippen LogP contribution in [0.15, 0.2) is 28.7 Å². The van der Waals surface area contributed by atoms with Crippen molar-refractivity contribution in [2.24, 2.45) is 0 Å². The van der Waals surface area contributed by atoms with Crippen molar-refractivity contribution in [1.82, 2.24) is 9.80 Å². The van der Waals surface area contributed by atoms with Gasteiger partial charge in [0.15, 0.2) is 0 Å². The standard InChI is InChI=1S/C16H22BrN3O/c17-13-5-7-14(8-6-13)18-16(21)20-11-9-19(10-12-20)15-3-1-2-4-15/h5-8,15H,1-4,9-12H2,(H,18,21). The zero-order valence-corrected chi connectivity index (χ0v) is 13.8. The monoisotopic (exact) mass is 351 g/mol. The lowest BCUT2D eigenvalue weighted by molar-refractivity contribution is 0.115. The quantitative estimate of drug-likeness (QED) is 0.884. The lowest BCUT2D eigenvalue weighted by Gasteiger charge is -2.38. The van der Waals surface area contributed by atoms with Crippen LogP contribution in [-0.2, 0) is 0 Å². The first kappa shape index (κ1) is 14.9. The third-order valence-corrected chi connectivity index (χ3v) is 5.07. The van der Waals surface area contributed by atoms with Crippen molar-refractivity contribution in [3.63, 3.8) is 0 Å². The van der Waals surface area contributed by atoms with E-state index in [2.05, 4.69) is 26.1 Å². The Morgan fingerprint density at radius 1 is 1.05 bits per heavy atom. The van der Waals surface area contributed by atoms with Gasteiger partial charge >= 0.3 is 6.03 Å². The van der Waals surface area contributed by atoms with Crippen molar-refractivity contribution in [2.75, 3.05) is 31.5 Å². The van der Waals surface area contributed by atoms with E-state index in [4.69, 9.17) is 0 Å². The fourth-order valence-corrected chi connectivity index (χ4v) is 3.56. The molecule has 2 amide bonds. The molecule has 5 heteroatoms. The summed E-state index contributed by atoms with van der Waals surface area (Å²) in [5, 5.41) is 2.97. The Morgan fingerprint density at radius 3 is 2.29 bits per heavy atom. The van der Waals surface area contributed by atoms with E-state index in [9.17, 15) is 4.79 Å². The second kappa shape index (κ2) is 6.79. The van der Waals surface area contributed by atoms with Gasteiger partial charge < -0.3 is 10.2 Å². The molecule has 0 aromatic heterocycles. The summed E-state index contributed by atoms with van der Waals surface area (Å²) in [6.07, 6.45) is 5.42. The molecule has 0 unspecified atom stereocenters. The highest BCUT2D eigenvalue weighted by Crippen LogP contribution is 2.24. The summed E-state index contributed by atoms with van der Waals surface area (Å²) in [5.41, 5.74) is 0.849. The average Bonchev–Trinajstić information content (AvgIpc) is 3.04. The van der Waals surface area contributed by atoms with Gasteiger partial charge in [-0.25, -0.2) is 4.79 Å². The minimum Gasteiger partial charge on any atom is -0.322 e. The highest BCUT2D eigenvalue weighted by atomic mass is 79.9. The first-order valence-corrected chi connectivity index (χ1v) is 8.57. The van der Waals surface area contributed by atoms with E-state index in [1.165, 1.54) is 25.7 Å². The maximum atomic E-state index is 12.3. The van der Waals surface area contributed by atoms with Gasteiger partial charge in [-0.05, 0) is 37.1 Å². The molecule has 0 radical (unpaired) electrons. The predicted octanol–water partition coefficient (Wildman–Crippen LogP) is 3.54. The minimum absolute atomic E-state index is 0.0170. The molecule has 114 valence electrons. The molecule has 1 aliphatic carbocycles. The second-order valence-corrected chi connectivity index (χ2v) is 6.81. The summed E-state index contributed by atoms with van der Waals surface area (Å²) < 4.78 is 1.02. The van der Waals surface area contributed by atoms with Crippen LogP contribution in [0.25, 0.3) is 0 Å². The van der Waals surface area contributed by atoms with Crippen LogP contribution in [0.1, 0.15) is 25.7 Å². The highest BCUT2D eigenvalue weighted by Gasteiger charge is 2.27. The highest BCUT2D eigenvalue weighted by molar-refractivity contribution is 9.10. The molecule has 1 aliphatic heterocycles. The van der Waals surface area contributed by atoms with E-state index in [-0.39, 0.29) is 6.03 Å². The Kier molecular flexibility index (Phi) is 4.80. The van der Waals surface area contributed by atoms with Crippen LogP contribution < -0.4 is 5.32 Å². The summed E-state index contributed by atoms with van der Waals surface area (Å²) in [6, 6.07) is 8.49. The molecule has 1 saturated carbocycles. The van der Waals surface area contributed by atoms with Gasteiger partial charge in [-0.2, -0.15) is 0 Å². The first-order chi connectivity index (χ1) is 10.2. The molecular formula is C16H22BrN3O. The van der Waals surface area contributed by atoms with Crippen LogP contribution in [0.2, 0.25) is 0 Å². The molecule has 1 aromatic rings. The van der Waals surface area contributed by atoms with Gasteiger partial charge in [0.1, 0.15) is 0 Å². The number of anilines is 1. The number of halogens is 1. The number of nitrogens with one attached hydrogen (secondary N) is 1. The van der Waals surface area contributed by atoms with Crippen LogP contribution in [0.3, 0.4) is 0 Å². The van der Waals surface area contributed by atoms with E-state index in [0.717, 1.165) is 42.4 Å². The van der Waals surface area contributed by atoms with E-state index in [1.807, 2.05) is 29.2 Å². The number of rotatable bonds is 2. The Bertz CT molecular complexity index is 477. The molecule has 1 saturated heterocycles. The number of benzene rings is 1. The lowest BCUT2D eigenvalue weighted by atomic mass is 10.2. The number of carbonyl (C=O) groups is 1. The van der Waals surface area contributed by atoms with E-state index in [0.29, 0.717) is 0 Å². The number of carbonyl (C=O) groups excluding carboxylic acids is 1. The summed E-state index contributed by atoms with van der Waals surface area (Å²) in [5.74, 6) is 0.